The fraction of sp³-hybridized carbons (Fsp3) is 0.316. The lowest BCUT2D eigenvalue weighted by molar-refractivity contribution is -0.127. The number of halogens is 1. The highest BCUT2D eigenvalue weighted by atomic mass is 79.9. The van der Waals surface area contributed by atoms with Gasteiger partial charge in [0.25, 0.3) is 0 Å². The van der Waals surface area contributed by atoms with Crippen LogP contribution in [0.2, 0.25) is 0 Å². The van der Waals surface area contributed by atoms with Gasteiger partial charge in [0.05, 0.1) is 6.54 Å². The van der Waals surface area contributed by atoms with Gasteiger partial charge in [-0.25, -0.2) is 0 Å². The summed E-state index contributed by atoms with van der Waals surface area (Å²) in [7, 11) is 0.487. The average molecular weight is 424 g/mol. The molecule has 0 spiro atoms. The first-order chi connectivity index (χ1) is 11.9. The van der Waals surface area contributed by atoms with Crippen molar-refractivity contribution in [2.75, 3.05) is 26.0 Å². The van der Waals surface area contributed by atoms with Gasteiger partial charge in [-0.05, 0) is 42.3 Å². The zero-order valence-corrected chi connectivity index (χ0v) is 16.8. The SMILES string of the molecule is Cc1cccc(OCCN(C)C(=O)C[S@](=O)Cc2ccc(Br)cc2)c1. The van der Waals surface area contributed by atoms with Crippen molar-refractivity contribution in [3.05, 3.63) is 64.1 Å². The van der Waals surface area contributed by atoms with Crippen LogP contribution in [0, 0.1) is 6.92 Å². The number of aryl methyl sites for hydroxylation is 1. The molecule has 6 heteroatoms. The summed E-state index contributed by atoms with van der Waals surface area (Å²) in [6.45, 7) is 2.87. The van der Waals surface area contributed by atoms with Crippen LogP contribution in [0.5, 0.6) is 5.75 Å². The van der Waals surface area contributed by atoms with Crippen LogP contribution in [0.15, 0.2) is 53.0 Å². The molecule has 0 unspecified atom stereocenters. The predicted molar refractivity (Wildman–Crippen MR) is 105 cm³/mol. The largest absolute Gasteiger partial charge is 0.492 e. The Bertz CT molecular complexity index is 734. The third-order valence-corrected chi connectivity index (χ3v) is 5.39. The van der Waals surface area contributed by atoms with Gasteiger partial charge in [0.2, 0.25) is 5.91 Å². The van der Waals surface area contributed by atoms with Crippen LogP contribution in [-0.2, 0) is 21.3 Å². The molecule has 0 aliphatic rings. The van der Waals surface area contributed by atoms with Crippen LogP contribution < -0.4 is 4.74 Å². The monoisotopic (exact) mass is 423 g/mol. The first kappa shape index (κ1) is 19.7. The second-order valence-electron chi connectivity index (χ2n) is 5.84. The van der Waals surface area contributed by atoms with E-state index in [0.29, 0.717) is 18.9 Å². The third-order valence-electron chi connectivity index (χ3n) is 3.64. The number of benzene rings is 2. The molecule has 0 saturated carbocycles. The van der Waals surface area contributed by atoms with Gasteiger partial charge in [0.1, 0.15) is 18.1 Å². The lowest BCUT2D eigenvalue weighted by Gasteiger charge is -2.17. The summed E-state index contributed by atoms with van der Waals surface area (Å²) in [5.74, 6) is 1.06. The molecule has 25 heavy (non-hydrogen) atoms. The van der Waals surface area contributed by atoms with E-state index in [1.54, 1.807) is 11.9 Å². The minimum Gasteiger partial charge on any atom is -0.492 e. The summed E-state index contributed by atoms with van der Waals surface area (Å²) in [5, 5.41) is 0. The van der Waals surface area contributed by atoms with Crippen molar-refractivity contribution in [3.63, 3.8) is 0 Å². The van der Waals surface area contributed by atoms with Gasteiger partial charge in [0, 0.05) is 28.1 Å². The smallest absolute Gasteiger partial charge is 0.235 e. The Kier molecular flexibility index (Phi) is 7.65. The first-order valence-electron chi connectivity index (χ1n) is 7.97. The van der Waals surface area contributed by atoms with Gasteiger partial charge >= 0.3 is 0 Å². The Morgan fingerprint density at radius 3 is 2.60 bits per heavy atom. The second-order valence-corrected chi connectivity index (χ2v) is 8.21. The molecule has 1 amide bonds. The summed E-state index contributed by atoms with van der Waals surface area (Å²) >= 11 is 3.37. The normalized spacial score (nSPS) is 11.8. The van der Waals surface area contributed by atoms with Crippen LogP contribution in [0.4, 0.5) is 0 Å². The van der Waals surface area contributed by atoms with Gasteiger partial charge < -0.3 is 9.64 Å². The molecular weight excluding hydrogens is 402 g/mol. The number of rotatable bonds is 8. The molecule has 0 heterocycles. The van der Waals surface area contributed by atoms with Crippen molar-refractivity contribution in [2.45, 2.75) is 12.7 Å². The van der Waals surface area contributed by atoms with Crippen molar-refractivity contribution >= 4 is 32.6 Å². The highest BCUT2D eigenvalue weighted by Crippen LogP contribution is 2.13. The van der Waals surface area contributed by atoms with E-state index in [4.69, 9.17) is 4.74 Å². The van der Waals surface area contributed by atoms with E-state index in [1.807, 2.05) is 55.5 Å². The molecule has 2 aromatic rings. The predicted octanol–water partition coefficient (Wildman–Crippen LogP) is 3.54. The van der Waals surface area contributed by atoms with E-state index in [0.717, 1.165) is 21.3 Å². The van der Waals surface area contributed by atoms with Crippen molar-refractivity contribution in [1.29, 1.82) is 0 Å². The molecule has 0 aromatic heterocycles. The van der Waals surface area contributed by atoms with Crippen molar-refractivity contribution in [1.82, 2.24) is 4.90 Å². The quantitative estimate of drug-likeness (QED) is 0.651. The topological polar surface area (TPSA) is 46.6 Å². The number of amides is 1. The number of nitrogens with zero attached hydrogens (tertiary/aromatic N) is 1. The summed E-state index contributed by atoms with van der Waals surface area (Å²) in [6.07, 6.45) is 0. The van der Waals surface area contributed by atoms with Gasteiger partial charge in [-0.2, -0.15) is 0 Å². The number of hydrogen-bond acceptors (Lipinski definition) is 3. The molecule has 2 rings (SSSR count). The zero-order valence-electron chi connectivity index (χ0n) is 14.4. The zero-order chi connectivity index (χ0) is 18.2. The molecule has 2 aromatic carbocycles. The van der Waals surface area contributed by atoms with E-state index in [-0.39, 0.29) is 11.7 Å². The molecule has 0 aliphatic carbocycles. The molecule has 134 valence electrons. The van der Waals surface area contributed by atoms with Gasteiger partial charge in [-0.15, -0.1) is 0 Å². The third kappa shape index (κ3) is 7.00. The molecule has 0 N–H and O–H groups in total. The summed E-state index contributed by atoms with van der Waals surface area (Å²) < 4.78 is 18.8. The standard InChI is InChI=1S/C19H22BrNO3S/c1-15-4-3-5-18(12-15)24-11-10-21(2)19(22)14-25(23)13-16-6-8-17(20)9-7-16/h3-9,12H,10-11,13-14H2,1-2H3/t25-/m1/s1. The first-order valence-corrected chi connectivity index (χ1v) is 10.2. The van der Waals surface area contributed by atoms with Gasteiger partial charge in [-0.3, -0.25) is 9.00 Å². The number of likely N-dealkylation sites (N-methyl/N-ethyl adjacent to an activating group) is 1. The van der Waals surface area contributed by atoms with Crippen LogP contribution in [-0.4, -0.2) is 41.0 Å². The minimum absolute atomic E-state index is 0.0248. The van der Waals surface area contributed by atoms with Crippen LogP contribution in [0.25, 0.3) is 0 Å². The maximum absolute atomic E-state index is 12.2. The van der Waals surface area contributed by atoms with Crippen LogP contribution in [0.3, 0.4) is 0 Å². The van der Waals surface area contributed by atoms with Gasteiger partial charge in [0.15, 0.2) is 0 Å². The van der Waals surface area contributed by atoms with E-state index >= 15 is 0 Å². The Balaban J connectivity index is 1.73. The van der Waals surface area contributed by atoms with Crippen LogP contribution in [0.1, 0.15) is 11.1 Å². The van der Waals surface area contributed by atoms with Crippen molar-refractivity contribution in [3.8, 4) is 5.75 Å². The highest BCUT2D eigenvalue weighted by Gasteiger charge is 2.13. The maximum atomic E-state index is 12.2. The van der Waals surface area contributed by atoms with Crippen molar-refractivity contribution in [2.24, 2.45) is 0 Å². The second kappa shape index (κ2) is 9.73. The van der Waals surface area contributed by atoms with E-state index in [2.05, 4.69) is 15.9 Å². The Hall–Kier alpha value is -1.66. The molecule has 1 atom stereocenters. The van der Waals surface area contributed by atoms with Crippen LogP contribution >= 0.6 is 15.9 Å². The lowest BCUT2D eigenvalue weighted by Crippen LogP contribution is -2.34. The van der Waals surface area contributed by atoms with E-state index in [9.17, 15) is 9.00 Å². The fourth-order valence-electron chi connectivity index (χ4n) is 2.20. The van der Waals surface area contributed by atoms with E-state index < -0.39 is 10.8 Å². The molecule has 0 fully saturated rings. The summed E-state index contributed by atoms with van der Waals surface area (Å²) in [6, 6.07) is 15.4. The van der Waals surface area contributed by atoms with Crippen molar-refractivity contribution < 1.29 is 13.7 Å². The number of carbonyl (C=O) groups excluding carboxylic acids is 1. The summed E-state index contributed by atoms with van der Waals surface area (Å²) in [4.78, 5) is 13.7. The summed E-state index contributed by atoms with van der Waals surface area (Å²) in [5.41, 5.74) is 2.09. The molecule has 4 nitrogen and oxygen atoms in total. The number of ether oxygens (including phenoxy) is 1. The Morgan fingerprint density at radius 1 is 1.20 bits per heavy atom. The molecular formula is C19H22BrNO3S. The maximum Gasteiger partial charge on any atom is 0.235 e. The Morgan fingerprint density at radius 2 is 1.92 bits per heavy atom. The molecule has 0 radical (unpaired) electrons. The number of hydrogen-bond donors (Lipinski definition) is 0. The molecule has 0 saturated heterocycles. The van der Waals surface area contributed by atoms with E-state index in [1.165, 1.54) is 0 Å². The average Bonchev–Trinajstić information content (AvgIpc) is 2.57. The molecule has 0 aliphatic heterocycles. The Labute approximate surface area is 159 Å². The number of carbonyl (C=O) groups is 1. The lowest BCUT2D eigenvalue weighted by atomic mass is 10.2. The van der Waals surface area contributed by atoms with Gasteiger partial charge in [-0.1, -0.05) is 40.2 Å². The molecule has 0 bridgehead atoms. The minimum atomic E-state index is -1.22. The fourth-order valence-corrected chi connectivity index (χ4v) is 3.62. The highest BCUT2D eigenvalue weighted by molar-refractivity contribution is 9.10.